The van der Waals surface area contributed by atoms with E-state index in [9.17, 15) is 9.18 Å². The van der Waals surface area contributed by atoms with Gasteiger partial charge >= 0.3 is 0 Å². The van der Waals surface area contributed by atoms with Gasteiger partial charge in [0.15, 0.2) is 0 Å². The minimum atomic E-state index is -0.210. The lowest BCUT2D eigenvalue weighted by Crippen LogP contribution is -2.35. The lowest BCUT2D eigenvalue weighted by atomic mass is 10.1. The number of hydrogen-bond donors (Lipinski definition) is 0. The lowest BCUT2D eigenvalue weighted by molar-refractivity contribution is -0.119. The molecule has 0 N–H and O–H groups in total. The van der Waals surface area contributed by atoms with E-state index in [-0.39, 0.29) is 11.7 Å². The summed E-state index contributed by atoms with van der Waals surface area (Å²) in [6.07, 6.45) is 2.65. The molecule has 0 radical (unpaired) electrons. The smallest absolute Gasteiger partial charge is 0.226 e. The second kappa shape index (κ2) is 7.08. The van der Waals surface area contributed by atoms with E-state index in [1.165, 1.54) is 6.07 Å². The third-order valence-corrected chi connectivity index (χ3v) is 5.28. The molecule has 0 saturated carbocycles. The van der Waals surface area contributed by atoms with E-state index < -0.39 is 0 Å². The Kier molecular flexibility index (Phi) is 4.64. The quantitative estimate of drug-likeness (QED) is 0.819. The van der Waals surface area contributed by atoms with Gasteiger partial charge in [0.05, 0.1) is 5.69 Å². The number of carbonyl (C=O) groups excluding carboxylic acids is 1. The summed E-state index contributed by atoms with van der Waals surface area (Å²) in [6, 6.07) is 13.1. The number of nitrogens with zero attached hydrogens (tertiary/aromatic N) is 3. The Morgan fingerprint density at radius 2 is 1.77 bits per heavy atom. The predicted octanol–water partition coefficient (Wildman–Crippen LogP) is 3.93. The van der Waals surface area contributed by atoms with E-state index in [2.05, 4.69) is 22.9 Å². The van der Waals surface area contributed by atoms with Crippen LogP contribution in [0.1, 0.15) is 24.8 Å². The summed E-state index contributed by atoms with van der Waals surface area (Å²) in [5, 5.41) is 0. The van der Waals surface area contributed by atoms with Crippen LogP contribution >= 0.6 is 0 Å². The van der Waals surface area contributed by atoms with Crippen LogP contribution in [0.3, 0.4) is 0 Å². The van der Waals surface area contributed by atoms with Crippen molar-refractivity contribution in [3.8, 4) is 0 Å². The normalized spacial score (nSPS) is 18.6. The van der Waals surface area contributed by atoms with Gasteiger partial charge in [0, 0.05) is 44.0 Å². The Morgan fingerprint density at radius 1 is 0.923 bits per heavy atom. The Bertz CT molecular complexity index is 823. The number of piperidine rings is 1. The van der Waals surface area contributed by atoms with Crippen LogP contribution in [-0.2, 0) is 11.3 Å². The molecule has 2 aliphatic heterocycles. The SMILES string of the molecule is CN1CCN(c2ccccc2F)c2ccc(N3CCCCC3=O)cc2C1. The number of fused-ring (bicyclic) bond motifs is 1. The second-order valence-electron chi connectivity index (χ2n) is 7.16. The van der Waals surface area contributed by atoms with E-state index >= 15 is 0 Å². The first-order chi connectivity index (χ1) is 12.6. The Hall–Kier alpha value is -2.40. The molecule has 136 valence electrons. The number of para-hydroxylation sites is 1. The summed E-state index contributed by atoms with van der Waals surface area (Å²) in [7, 11) is 2.08. The van der Waals surface area contributed by atoms with Crippen LogP contribution in [-0.4, -0.2) is 37.5 Å². The number of anilines is 3. The van der Waals surface area contributed by atoms with Gasteiger partial charge in [-0.1, -0.05) is 12.1 Å². The molecule has 0 atom stereocenters. The monoisotopic (exact) mass is 353 g/mol. The van der Waals surface area contributed by atoms with Crippen molar-refractivity contribution < 1.29 is 9.18 Å². The Morgan fingerprint density at radius 3 is 2.58 bits per heavy atom. The van der Waals surface area contributed by atoms with Crippen molar-refractivity contribution >= 4 is 23.0 Å². The molecule has 0 bridgehead atoms. The first kappa shape index (κ1) is 17.0. The third kappa shape index (κ3) is 3.19. The van der Waals surface area contributed by atoms with Gasteiger partial charge < -0.3 is 14.7 Å². The summed E-state index contributed by atoms with van der Waals surface area (Å²) in [6.45, 7) is 3.15. The summed E-state index contributed by atoms with van der Waals surface area (Å²) in [4.78, 5) is 18.5. The molecule has 1 saturated heterocycles. The highest BCUT2D eigenvalue weighted by atomic mass is 19.1. The fourth-order valence-electron chi connectivity index (χ4n) is 3.89. The fraction of sp³-hybridized carbons (Fsp3) is 0.381. The molecular weight excluding hydrogens is 329 g/mol. The molecule has 26 heavy (non-hydrogen) atoms. The zero-order chi connectivity index (χ0) is 18.1. The van der Waals surface area contributed by atoms with Crippen LogP contribution in [0.2, 0.25) is 0 Å². The highest BCUT2D eigenvalue weighted by Gasteiger charge is 2.24. The minimum absolute atomic E-state index is 0.198. The molecule has 1 amide bonds. The van der Waals surface area contributed by atoms with E-state index in [0.717, 1.165) is 56.0 Å². The van der Waals surface area contributed by atoms with Crippen LogP contribution in [0.25, 0.3) is 0 Å². The number of rotatable bonds is 2. The number of amides is 1. The maximum absolute atomic E-state index is 14.4. The molecule has 0 unspecified atom stereocenters. The van der Waals surface area contributed by atoms with Crippen molar-refractivity contribution in [3.63, 3.8) is 0 Å². The van der Waals surface area contributed by atoms with Crippen molar-refractivity contribution in [2.45, 2.75) is 25.8 Å². The molecule has 4 nitrogen and oxygen atoms in total. The van der Waals surface area contributed by atoms with Crippen molar-refractivity contribution in [1.82, 2.24) is 4.90 Å². The molecule has 5 heteroatoms. The molecule has 4 rings (SSSR count). The highest BCUT2D eigenvalue weighted by molar-refractivity contribution is 5.94. The standard InChI is InChI=1S/C21H24FN3O/c1-23-12-13-25(20-7-3-2-6-18(20)22)19-10-9-17(14-16(19)15-23)24-11-5-4-8-21(24)26/h2-3,6-7,9-10,14H,4-5,8,11-13,15H2,1H3. The van der Waals surface area contributed by atoms with Crippen molar-refractivity contribution in [3.05, 3.63) is 53.8 Å². The number of likely N-dealkylation sites (N-methyl/N-ethyl adjacent to an activating group) is 1. The summed E-state index contributed by atoms with van der Waals surface area (Å²) < 4.78 is 14.4. The number of benzene rings is 2. The molecule has 2 aliphatic rings. The molecular formula is C21H24FN3O. The van der Waals surface area contributed by atoms with E-state index in [4.69, 9.17) is 0 Å². The molecule has 2 heterocycles. The average molecular weight is 353 g/mol. The van der Waals surface area contributed by atoms with Gasteiger partial charge in [-0.2, -0.15) is 0 Å². The first-order valence-electron chi connectivity index (χ1n) is 9.27. The van der Waals surface area contributed by atoms with E-state index in [0.29, 0.717) is 12.1 Å². The molecule has 1 fully saturated rings. The maximum Gasteiger partial charge on any atom is 0.226 e. The van der Waals surface area contributed by atoms with Gasteiger partial charge in [0.1, 0.15) is 5.82 Å². The molecule has 0 spiro atoms. The van der Waals surface area contributed by atoms with Crippen molar-refractivity contribution in [2.24, 2.45) is 0 Å². The van der Waals surface area contributed by atoms with Crippen molar-refractivity contribution in [2.75, 3.05) is 36.5 Å². The van der Waals surface area contributed by atoms with Crippen molar-refractivity contribution in [1.29, 1.82) is 0 Å². The number of carbonyl (C=O) groups is 1. The summed E-state index contributed by atoms with van der Waals surface area (Å²) in [5.41, 5.74) is 3.71. The fourth-order valence-corrected chi connectivity index (χ4v) is 3.89. The molecule has 0 aromatic heterocycles. The van der Waals surface area contributed by atoms with Crippen LogP contribution < -0.4 is 9.80 Å². The first-order valence-corrected chi connectivity index (χ1v) is 9.27. The highest BCUT2D eigenvalue weighted by Crippen LogP contribution is 2.35. The van der Waals surface area contributed by atoms with E-state index in [1.807, 2.05) is 29.2 Å². The van der Waals surface area contributed by atoms with Gasteiger partial charge in [-0.05, 0) is 55.8 Å². The summed E-state index contributed by atoms with van der Waals surface area (Å²) in [5.74, 6) is -0.0116. The van der Waals surface area contributed by atoms with Gasteiger partial charge in [-0.25, -0.2) is 4.39 Å². The zero-order valence-corrected chi connectivity index (χ0v) is 15.1. The lowest BCUT2D eigenvalue weighted by Gasteiger charge is -2.29. The van der Waals surface area contributed by atoms with Gasteiger partial charge in [-0.15, -0.1) is 0 Å². The molecule has 2 aromatic carbocycles. The number of halogens is 1. The van der Waals surface area contributed by atoms with Crippen LogP contribution in [0.5, 0.6) is 0 Å². The second-order valence-corrected chi connectivity index (χ2v) is 7.16. The third-order valence-electron chi connectivity index (χ3n) is 5.28. The van der Waals surface area contributed by atoms with Crippen LogP contribution in [0.4, 0.5) is 21.5 Å². The van der Waals surface area contributed by atoms with Gasteiger partial charge in [-0.3, -0.25) is 4.79 Å². The summed E-state index contributed by atoms with van der Waals surface area (Å²) >= 11 is 0. The predicted molar refractivity (Wildman–Crippen MR) is 102 cm³/mol. The molecule has 2 aromatic rings. The van der Waals surface area contributed by atoms with Crippen LogP contribution in [0.15, 0.2) is 42.5 Å². The Balaban J connectivity index is 1.75. The molecule has 0 aliphatic carbocycles. The average Bonchev–Trinajstić information content (AvgIpc) is 2.80. The number of hydrogen-bond acceptors (Lipinski definition) is 3. The minimum Gasteiger partial charge on any atom is -0.338 e. The van der Waals surface area contributed by atoms with E-state index in [1.54, 1.807) is 6.07 Å². The zero-order valence-electron chi connectivity index (χ0n) is 15.1. The maximum atomic E-state index is 14.4. The van der Waals surface area contributed by atoms with Crippen LogP contribution in [0, 0.1) is 5.82 Å². The Labute approximate surface area is 153 Å². The topological polar surface area (TPSA) is 26.8 Å². The largest absolute Gasteiger partial charge is 0.338 e. The van der Waals surface area contributed by atoms with Gasteiger partial charge in [0.25, 0.3) is 0 Å². The van der Waals surface area contributed by atoms with Gasteiger partial charge in [0.2, 0.25) is 5.91 Å².